The molecule has 3 N–H and O–H groups in total. The zero-order valence-corrected chi connectivity index (χ0v) is 12.5. The van der Waals surface area contributed by atoms with E-state index in [0.717, 1.165) is 58.0 Å². The van der Waals surface area contributed by atoms with Gasteiger partial charge in [0, 0.05) is 13.1 Å². The molecule has 0 aromatic carbocycles. The number of hydrogen-bond donors (Lipinski definition) is 2. The summed E-state index contributed by atoms with van der Waals surface area (Å²) in [6.45, 7) is 3.82. The minimum absolute atomic E-state index is 0.0886. The van der Waals surface area contributed by atoms with Crippen molar-refractivity contribution < 1.29 is 10.0 Å². The molecule has 0 bridgehead atoms. The van der Waals surface area contributed by atoms with Gasteiger partial charge in [-0.3, -0.25) is 4.79 Å². The quantitative estimate of drug-likeness (QED) is 0.361. The number of hydrogen-bond acceptors (Lipinski definition) is 3. The van der Waals surface area contributed by atoms with E-state index in [1.807, 2.05) is 4.90 Å². The largest absolute Gasteiger partial charge is 0.409 e. The SMILES string of the molecule is CCC1CCCN(C(=O)C2(C(N)=NO)CCCCC2)C1. The van der Waals surface area contributed by atoms with Crippen LogP contribution in [0.4, 0.5) is 0 Å². The van der Waals surface area contributed by atoms with Gasteiger partial charge < -0.3 is 15.8 Å². The molecule has 0 aromatic heterocycles. The van der Waals surface area contributed by atoms with Crippen LogP contribution in [0, 0.1) is 11.3 Å². The molecule has 1 unspecified atom stereocenters. The first-order valence-electron chi connectivity index (χ1n) is 7.91. The summed E-state index contributed by atoms with van der Waals surface area (Å²) in [4.78, 5) is 15.0. The fourth-order valence-corrected chi connectivity index (χ4v) is 3.72. The van der Waals surface area contributed by atoms with Crippen LogP contribution in [0.5, 0.6) is 0 Å². The number of rotatable bonds is 3. The summed E-state index contributed by atoms with van der Waals surface area (Å²) < 4.78 is 0. The van der Waals surface area contributed by atoms with Crippen LogP contribution >= 0.6 is 0 Å². The summed E-state index contributed by atoms with van der Waals surface area (Å²) in [6.07, 6.45) is 7.91. The van der Waals surface area contributed by atoms with Crippen LogP contribution in [0.2, 0.25) is 0 Å². The van der Waals surface area contributed by atoms with Crippen molar-refractivity contribution in [2.45, 2.75) is 58.3 Å². The third-order valence-electron chi connectivity index (χ3n) is 5.10. The minimum Gasteiger partial charge on any atom is -0.409 e. The van der Waals surface area contributed by atoms with Gasteiger partial charge in [0.05, 0.1) is 0 Å². The molecular formula is C15H27N3O2. The van der Waals surface area contributed by atoms with Crippen molar-refractivity contribution in [3.05, 3.63) is 0 Å². The van der Waals surface area contributed by atoms with Gasteiger partial charge in [0.2, 0.25) is 5.91 Å². The zero-order chi connectivity index (χ0) is 14.6. The number of likely N-dealkylation sites (tertiary alicyclic amines) is 1. The van der Waals surface area contributed by atoms with Crippen molar-refractivity contribution >= 4 is 11.7 Å². The van der Waals surface area contributed by atoms with Crippen molar-refractivity contribution in [3.63, 3.8) is 0 Å². The van der Waals surface area contributed by atoms with Gasteiger partial charge in [-0.15, -0.1) is 0 Å². The number of carbonyl (C=O) groups is 1. The van der Waals surface area contributed by atoms with Crippen LogP contribution in [0.1, 0.15) is 58.3 Å². The van der Waals surface area contributed by atoms with E-state index in [-0.39, 0.29) is 11.7 Å². The highest BCUT2D eigenvalue weighted by Gasteiger charge is 2.46. The highest BCUT2D eigenvalue weighted by Crippen LogP contribution is 2.39. The van der Waals surface area contributed by atoms with Gasteiger partial charge in [0.1, 0.15) is 5.41 Å². The third kappa shape index (κ3) is 2.76. The van der Waals surface area contributed by atoms with Crippen LogP contribution in [-0.2, 0) is 4.79 Å². The molecule has 5 nitrogen and oxygen atoms in total. The maximum Gasteiger partial charge on any atom is 0.236 e. The molecule has 1 atom stereocenters. The Bertz CT molecular complexity index is 375. The minimum atomic E-state index is -0.747. The lowest BCUT2D eigenvalue weighted by Gasteiger charge is -2.41. The van der Waals surface area contributed by atoms with E-state index >= 15 is 0 Å². The molecule has 2 fully saturated rings. The maximum absolute atomic E-state index is 13.0. The molecule has 1 saturated carbocycles. The first kappa shape index (κ1) is 15.1. The second-order valence-corrected chi connectivity index (χ2v) is 6.30. The average molecular weight is 281 g/mol. The topological polar surface area (TPSA) is 78.9 Å². The monoisotopic (exact) mass is 281 g/mol. The van der Waals surface area contributed by atoms with Crippen molar-refractivity contribution in [2.24, 2.45) is 22.2 Å². The molecule has 1 amide bonds. The predicted octanol–water partition coefficient (Wildman–Crippen LogP) is 2.33. The van der Waals surface area contributed by atoms with Gasteiger partial charge in [-0.05, 0) is 31.6 Å². The number of amides is 1. The number of nitrogens with zero attached hydrogens (tertiary/aromatic N) is 2. The summed E-state index contributed by atoms with van der Waals surface area (Å²) in [5.74, 6) is 0.798. The fraction of sp³-hybridized carbons (Fsp3) is 0.867. The van der Waals surface area contributed by atoms with E-state index in [1.165, 1.54) is 6.42 Å². The Morgan fingerprint density at radius 3 is 2.65 bits per heavy atom. The van der Waals surface area contributed by atoms with Gasteiger partial charge in [-0.25, -0.2) is 0 Å². The van der Waals surface area contributed by atoms with Gasteiger partial charge >= 0.3 is 0 Å². The molecule has 2 aliphatic rings. The highest BCUT2D eigenvalue weighted by molar-refractivity contribution is 6.06. The van der Waals surface area contributed by atoms with Crippen molar-refractivity contribution in [1.82, 2.24) is 4.90 Å². The van der Waals surface area contributed by atoms with E-state index < -0.39 is 5.41 Å². The van der Waals surface area contributed by atoms with E-state index in [0.29, 0.717) is 5.92 Å². The molecule has 0 spiro atoms. The molecule has 114 valence electrons. The lowest BCUT2D eigenvalue weighted by Crippen LogP contribution is -2.54. The van der Waals surface area contributed by atoms with Crippen LogP contribution in [0.15, 0.2) is 5.16 Å². The average Bonchev–Trinajstić information content (AvgIpc) is 2.54. The van der Waals surface area contributed by atoms with Gasteiger partial charge in [-0.1, -0.05) is 37.8 Å². The summed E-state index contributed by atoms with van der Waals surface area (Å²) in [5.41, 5.74) is 5.16. The molecule has 0 aromatic rings. The Morgan fingerprint density at radius 1 is 1.35 bits per heavy atom. The number of amidine groups is 1. The third-order valence-corrected chi connectivity index (χ3v) is 5.10. The first-order chi connectivity index (χ1) is 9.64. The smallest absolute Gasteiger partial charge is 0.236 e. The Kier molecular flexibility index (Phi) is 4.89. The van der Waals surface area contributed by atoms with E-state index in [1.54, 1.807) is 0 Å². The molecule has 1 aliphatic carbocycles. The number of carbonyl (C=O) groups excluding carboxylic acids is 1. The van der Waals surface area contributed by atoms with E-state index in [4.69, 9.17) is 10.9 Å². The Morgan fingerprint density at radius 2 is 2.05 bits per heavy atom. The molecule has 20 heavy (non-hydrogen) atoms. The normalized spacial score (nSPS) is 27.4. The van der Waals surface area contributed by atoms with Crippen molar-refractivity contribution in [2.75, 3.05) is 13.1 Å². The highest BCUT2D eigenvalue weighted by atomic mass is 16.4. The fourth-order valence-electron chi connectivity index (χ4n) is 3.72. The van der Waals surface area contributed by atoms with E-state index in [9.17, 15) is 4.79 Å². The molecule has 5 heteroatoms. The molecule has 1 aliphatic heterocycles. The standard InChI is InChI=1S/C15H27N3O2/c1-2-12-7-6-10-18(11-12)14(19)15(13(16)17-20)8-4-3-5-9-15/h12,20H,2-11H2,1H3,(H2,16,17). The van der Waals surface area contributed by atoms with Crippen LogP contribution in [0.3, 0.4) is 0 Å². The van der Waals surface area contributed by atoms with Crippen molar-refractivity contribution in [3.8, 4) is 0 Å². The zero-order valence-electron chi connectivity index (χ0n) is 12.5. The van der Waals surface area contributed by atoms with Crippen molar-refractivity contribution in [1.29, 1.82) is 0 Å². The second kappa shape index (κ2) is 6.46. The van der Waals surface area contributed by atoms with Gasteiger partial charge in [-0.2, -0.15) is 0 Å². The Labute approximate surface area is 121 Å². The van der Waals surface area contributed by atoms with Gasteiger partial charge in [0.25, 0.3) is 0 Å². The molecule has 1 heterocycles. The molecule has 1 saturated heterocycles. The summed E-state index contributed by atoms with van der Waals surface area (Å²) in [5, 5.41) is 12.3. The Balaban J connectivity index is 2.18. The molecule has 0 radical (unpaired) electrons. The second-order valence-electron chi connectivity index (χ2n) is 6.30. The molecule has 2 rings (SSSR count). The lowest BCUT2D eigenvalue weighted by atomic mass is 9.71. The summed E-state index contributed by atoms with van der Waals surface area (Å²) in [6, 6.07) is 0. The summed E-state index contributed by atoms with van der Waals surface area (Å²) >= 11 is 0. The lowest BCUT2D eigenvalue weighted by molar-refractivity contribution is -0.141. The first-order valence-corrected chi connectivity index (χ1v) is 7.91. The number of nitrogens with two attached hydrogens (primary N) is 1. The Hall–Kier alpha value is -1.26. The van der Waals surface area contributed by atoms with E-state index in [2.05, 4.69) is 12.1 Å². The number of piperidine rings is 1. The summed E-state index contributed by atoms with van der Waals surface area (Å²) in [7, 11) is 0. The van der Waals surface area contributed by atoms with Crippen LogP contribution in [-0.4, -0.2) is 34.9 Å². The molecular weight excluding hydrogens is 254 g/mol. The maximum atomic E-state index is 13.0. The van der Waals surface area contributed by atoms with Crippen LogP contribution < -0.4 is 5.73 Å². The predicted molar refractivity (Wildman–Crippen MR) is 78.5 cm³/mol. The van der Waals surface area contributed by atoms with Gasteiger partial charge in [0.15, 0.2) is 5.84 Å². The number of oxime groups is 1. The van der Waals surface area contributed by atoms with Crippen LogP contribution in [0.25, 0.3) is 0 Å².